The molecule has 0 fully saturated rings. The van der Waals surface area contributed by atoms with E-state index in [0.717, 1.165) is 11.1 Å². The van der Waals surface area contributed by atoms with Gasteiger partial charge in [0.25, 0.3) is 5.91 Å². The van der Waals surface area contributed by atoms with Crippen LogP contribution in [0.1, 0.15) is 18.4 Å². The summed E-state index contributed by atoms with van der Waals surface area (Å²) in [4.78, 5) is 17.6. The highest BCUT2D eigenvalue weighted by Crippen LogP contribution is 2.31. The van der Waals surface area contributed by atoms with Crippen molar-refractivity contribution in [2.24, 2.45) is 0 Å². The highest BCUT2D eigenvalue weighted by Gasteiger charge is 2.12. The van der Waals surface area contributed by atoms with E-state index in [1.165, 1.54) is 4.90 Å². The quantitative estimate of drug-likeness (QED) is 0.587. The number of hydrogen-bond acceptors (Lipinski definition) is 5. The number of fused-ring (bicyclic) bond motifs is 1. The molecule has 1 aromatic heterocycles. The molecule has 0 aliphatic rings. The highest BCUT2D eigenvalue weighted by molar-refractivity contribution is 6.50. The Balaban J connectivity index is 1.83. The molecule has 146 valence electrons. The van der Waals surface area contributed by atoms with Gasteiger partial charge in [0.2, 0.25) is 5.89 Å². The first-order chi connectivity index (χ1) is 13.5. The van der Waals surface area contributed by atoms with Crippen molar-refractivity contribution in [1.29, 1.82) is 0 Å². The smallest absolute Gasteiger partial charge is 0.259 e. The number of benzene rings is 2. The summed E-state index contributed by atoms with van der Waals surface area (Å²) in [7, 11) is 3.36. The Kier molecular flexibility index (Phi) is 6.21. The first-order valence-corrected chi connectivity index (χ1v) is 9.18. The van der Waals surface area contributed by atoms with Crippen LogP contribution < -0.4 is 9.47 Å². The van der Waals surface area contributed by atoms with Crippen molar-refractivity contribution in [1.82, 2.24) is 9.88 Å². The molecular formula is C21H21ClN2O4. The molecule has 0 N–H and O–H groups in total. The predicted molar refractivity (Wildman–Crippen MR) is 110 cm³/mol. The lowest BCUT2D eigenvalue weighted by molar-refractivity contribution is -0.130. The van der Waals surface area contributed by atoms with Gasteiger partial charge in [0.15, 0.2) is 23.7 Å². The molecule has 2 aromatic carbocycles. The van der Waals surface area contributed by atoms with Gasteiger partial charge in [0, 0.05) is 14.1 Å². The van der Waals surface area contributed by atoms with Crippen molar-refractivity contribution < 1.29 is 18.7 Å². The maximum absolute atomic E-state index is 11.7. The largest absolute Gasteiger partial charge is 0.490 e. The van der Waals surface area contributed by atoms with Crippen LogP contribution in [0.2, 0.25) is 0 Å². The summed E-state index contributed by atoms with van der Waals surface area (Å²) in [6.45, 7) is 2.28. The Bertz CT molecular complexity index is 978. The van der Waals surface area contributed by atoms with Crippen LogP contribution in [0.5, 0.6) is 11.5 Å². The van der Waals surface area contributed by atoms with Crippen molar-refractivity contribution in [2.75, 3.05) is 27.3 Å². The lowest BCUT2D eigenvalue weighted by Crippen LogP contribution is -2.27. The van der Waals surface area contributed by atoms with Crippen molar-refractivity contribution in [3.8, 4) is 11.5 Å². The van der Waals surface area contributed by atoms with E-state index in [9.17, 15) is 4.79 Å². The zero-order chi connectivity index (χ0) is 20.1. The first-order valence-electron chi connectivity index (χ1n) is 8.81. The number of ether oxygens (including phenoxy) is 2. The molecule has 1 amide bonds. The number of para-hydroxylation sites is 2. The number of nitrogens with zero attached hydrogens (tertiary/aromatic N) is 2. The Morgan fingerprint density at radius 1 is 1.18 bits per heavy atom. The molecule has 0 radical (unpaired) electrons. The number of likely N-dealkylation sites (N-methyl/N-ethyl adjacent to an activating group) is 1. The average molecular weight is 401 g/mol. The van der Waals surface area contributed by atoms with Crippen molar-refractivity contribution in [3.63, 3.8) is 0 Å². The van der Waals surface area contributed by atoms with Crippen LogP contribution in [0.3, 0.4) is 0 Å². The Labute approximate surface area is 168 Å². The molecule has 0 unspecified atom stereocenters. The molecule has 28 heavy (non-hydrogen) atoms. The molecule has 1 heterocycles. The van der Waals surface area contributed by atoms with Crippen molar-refractivity contribution >= 4 is 39.7 Å². The number of amides is 1. The van der Waals surface area contributed by atoms with Crippen LogP contribution in [-0.2, 0) is 4.79 Å². The molecule has 6 nitrogen and oxygen atoms in total. The number of halogens is 1. The molecule has 0 atom stereocenters. The van der Waals surface area contributed by atoms with Gasteiger partial charge in [-0.15, -0.1) is 0 Å². The molecule has 0 saturated heterocycles. The number of carbonyl (C=O) groups excluding carboxylic acids is 1. The van der Waals surface area contributed by atoms with Gasteiger partial charge >= 0.3 is 0 Å². The van der Waals surface area contributed by atoms with E-state index in [0.29, 0.717) is 34.6 Å². The number of rotatable bonds is 7. The first kappa shape index (κ1) is 19.8. The molecule has 0 aliphatic carbocycles. The SMILES string of the molecule is CCOc1cc(/C=C(\Cl)c2nc3ccccc3o2)ccc1OCC(=O)N(C)C. The third-order valence-electron chi connectivity index (χ3n) is 3.91. The fraction of sp³-hybridized carbons (Fsp3) is 0.238. The summed E-state index contributed by atoms with van der Waals surface area (Å²) in [5, 5.41) is 0.370. The third kappa shape index (κ3) is 4.64. The number of carbonyl (C=O) groups is 1. The summed E-state index contributed by atoms with van der Waals surface area (Å²) in [5.41, 5.74) is 2.21. The normalized spacial score (nSPS) is 11.5. The van der Waals surface area contributed by atoms with Crippen LogP contribution in [0.25, 0.3) is 22.2 Å². The minimum absolute atomic E-state index is 0.0636. The third-order valence-corrected chi connectivity index (χ3v) is 4.18. The molecule has 0 spiro atoms. The zero-order valence-electron chi connectivity index (χ0n) is 15.9. The van der Waals surface area contributed by atoms with E-state index in [2.05, 4.69) is 4.98 Å². The van der Waals surface area contributed by atoms with E-state index in [4.69, 9.17) is 25.5 Å². The van der Waals surface area contributed by atoms with Crippen LogP contribution >= 0.6 is 11.6 Å². The second-order valence-electron chi connectivity index (χ2n) is 6.20. The predicted octanol–water partition coefficient (Wildman–Crippen LogP) is 4.43. The average Bonchev–Trinajstić information content (AvgIpc) is 3.11. The standard InChI is InChI=1S/C21H21ClN2O4/c1-4-26-19-12-14(9-10-18(19)27-13-20(25)24(2)3)11-15(22)21-23-16-7-5-6-8-17(16)28-21/h5-12H,4,13H2,1-3H3/b15-11-. The topological polar surface area (TPSA) is 64.8 Å². The lowest BCUT2D eigenvalue weighted by atomic mass is 10.2. The molecule has 0 aliphatic heterocycles. The van der Waals surface area contributed by atoms with Gasteiger partial charge in [0.1, 0.15) is 10.5 Å². The van der Waals surface area contributed by atoms with Gasteiger partial charge in [0.05, 0.1) is 6.61 Å². The van der Waals surface area contributed by atoms with Gasteiger partial charge in [-0.05, 0) is 42.8 Å². The number of aromatic nitrogens is 1. The maximum Gasteiger partial charge on any atom is 0.259 e. The molecular weight excluding hydrogens is 380 g/mol. The Hall–Kier alpha value is -2.99. The monoisotopic (exact) mass is 400 g/mol. The molecule has 0 saturated carbocycles. The number of hydrogen-bond donors (Lipinski definition) is 0. The maximum atomic E-state index is 11.7. The van der Waals surface area contributed by atoms with Crippen molar-refractivity contribution in [2.45, 2.75) is 6.92 Å². The van der Waals surface area contributed by atoms with Gasteiger partial charge in [-0.2, -0.15) is 0 Å². The van der Waals surface area contributed by atoms with Crippen LogP contribution in [0.4, 0.5) is 0 Å². The lowest BCUT2D eigenvalue weighted by Gasteiger charge is -2.14. The van der Waals surface area contributed by atoms with Crippen LogP contribution in [0, 0.1) is 0 Å². The summed E-state index contributed by atoms with van der Waals surface area (Å²) < 4.78 is 16.9. The molecule has 3 rings (SSSR count). The zero-order valence-corrected chi connectivity index (χ0v) is 16.7. The minimum Gasteiger partial charge on any atom is -0.490 e. The molecule has 0 bridgehead atoms. The van der Waals surface area contributed by atoms with Gasteiger partial charge in [-0.3, -0.25) is 4.79 Å². The number of oxazole rings is 1. The fourth-order valence-corrected chi connectivity index (χ4v) is 2.66. The van der Waals surface area contributed by atoms with Gasteiger partial charge in [-0.1, -0.05) is 29.8 Å². The summed E-state index contributed by atoms with van der Waals surface area (Å²) in [6.07, 6.45) is 1.74. The van der Waals surface area contributed by atoms with E-state index in [-0.39, 0.29) is 12.5 Å². The summed E-state index contributed by atoms with van der Waals surface area (Å²) >= 11 is 6.40. The second kappa shape index (κ2) is 8.80. The summed E-state index contributed by atoms with van der Waals surface area (Å²) in [5.74, 6) is 1.24. The minimum atomic E-state index is -0.134. The fourth-order valence-electron chi connectivity index (χ4n) is 2.45. The van der Waals surface area contributed by atoms with E-state index in [1.807, 2.05) is 37.3 Å². The Morgan fingerprint density at radius 3 is 2.68 bits per heavy atom. The van der Waals surface area contributed by atoms with Crippen LogP contribution in [0.15, 0.2) is 46.9 Å². The molecule has 7 heteroatoms. The summed E-state index contributed by atoms with van der Waals surface area (Å²) in [6, 6.07) is 12.8. The highest BCUT2D eigenvalue weighted by atomic mass is 35.5. The van der Waals surface area contributed by atoms with E-state index < -0.39 is 0 Å². The molecule has 3 aromatic rings. The van der Waals surface area contributed by atoms with Gasteiger partial charge in [-0.25, -0.2) is 4.98 Å². The second-order valence-corrected chi connectivity index (χ2v) is 6.60. The van der Waals surface area contributed by atoms with Gasteiger partial charge < -0.3 is 18.8 Å². The van der Waals surface area contributed by atoms with E-state index in [1.54, 1.807) is 32.3 Å². The Morgan fingerprint density at radius 2 is 1.96 bits per heavy atom. The van der Waals surface area contributed by atoms with Crippen molar-refractivity contribution in [3.05, 3.63) is 53.9 Å². The van der Waals surface area contributed by atoms with Crippen LogP contribution in [-0.4, -0.2) is 43.1 Å². The van der Waals surface area contributed by atoms with E-state index >= 15 is 0 Å².